The summed E-state index contributed by atoms with van der Waals surface area (Å²) >= 11 is 4.47. The van der Waals surface area contributed by atoms with Gasteiger partial charge >= 0.3 is 5.97 Å². The first kappa shape index (κ1) is 19.8. The molecule has 0 aliphatic carbocycles. The lowest BCUT2D eigenvalue weighted by atomic mass is 10.1. The van der Waals surface area contributed by atoms with Crippen molar-refractivity contribution >= 4 is 31.5 Å². The van der Waals surface area contributed by atoms with E-state index in [2.05, 4.69) is 17.2 Å². The summed E-state index contributed by atoms with van der Waals surface area (Å²) in [7, 11) is -5.31. The van der Waals surface area contributed by atoms with Gasteiger partial charge in [0.15, 0.2) is 18.5 Å². The van der Waals surface area contributed by atoms with Crippen LogP contribution in [-0.2, 0) is 26.5 Å². The predicted octanol–water partition coefficient (Wildman–Crippen LogP) is -3.18. The topological polar surface area (TPSA) is 180 Å². The average molecular weight is 393 g/mol. The summed E-state index contributed by atoms with van der Waals surface area (Å²) in [6.07, 6.45) is -3.85. The number of aromatic nitrogens is 1. The molecule has 11 nitrogen and oxygen atoms in total. The van der Waals surface area contributed by atoms with E-state index in [1.807, 2.05) is 0 Å². The molecule has 13 heteroatoms. The minimum Gasteiger partial charge on any atom is -0.790 e. The predicted molar refractivity (Wildman–Crippen MR) is 74.8 cm³/mol. The molecule has 1 saturated heterocycles. The molecule has 1 aromatic rings. The van der Waals surface area contributed by atoms with Crippen molar-refractivity contribution < 1.29 is 53.1 Å². The number of ether oxygens (including phenoxy) is 1. The minimum atomic E-state index is -5.31. The molecule has 0 saturated carbocycles. The summed E-state index contributed by atoms with van der Waals surface area (Å²) < 4.78 is 20.8. The lowest BCUT2D eigenvalue weighted by Gasteiger charge is -2.30. The van der Waals surface area contributed by atoms with Crippen LogP contribution in [0.15, 0.2) is 18.5 Å². The molecule has 1 aliphatic rings. The Morgan fingerprint density at radius 3 is 2.40 bits per heavy atom. The number of aromatic carboxylic acids is 1. The van der Waals surface area contributed by atoms with E-state index in [1.54, 1.807) is 0 Å². The Kier molecular flexibility index (Phi) is 5.86. The quantitative estimate of drug-likeness (QED) is 0.252. The number of rotatable bonds is 6. The van der Waals surface area contributed by atoms with Crippen molar-refractivity contribution in [2.24, 2.45) is 0 Å². The molecule has 2 rings (SSSR count). The number of pyridine rings is 1. The van der Waals surface area contributed by atoms with Gasteiger partial charge in [0.2, 0.25) is 0 Å². The summed E-state index contributed by atoms with van der Waals surface area (Å²) in [4.78, 5) is 43.5. The largest absolute Gasteiger partial charge is 0.790 e. The lowest BCUT2D eigenvalue weighted by molar-refractivity contribution is -0.765. The number of phosphoric ester groups is 1. The van der Waals surface area contributed by atoms with Crippen LogP contribution < -0.4 is 14.4 Å². The van der Waals surface area contributed by atoms with Gasteiger partial charge in [0.1, 0.15) is 17.8 Å². The Morgan fingerprint density at radius 2 is 1.88 bits per heavy atom. The Balaban J connectivity index is 2.30. The number of nitrogens with zero attached hydrogens (tertiary/aromatic N) is 1. The van der Waals surface area contributed by atoms with Crippen LogP contribution in [0.4, 0.5) is 0 Å². The van der Waals surface area contributed by atoms with Crippen molar-refractivity contribution in [2.45, 2.75) is 24.5 Å². The van der Waals surface area contributed by atoms with E-state index in [4.69, 9.17) is 9.84 Å². The highest BCUT2D eigenvalue weighted by atomic mass is 32.1. The monoisotopic (exact) mass is 393 g/mol. The highest BCUT2D eigenvalue weighted by molar-refractivity contribution is 7.77. The summed E-state index contributed by atoms with van der Waals surface area (Å²) in [5, 5.41) is 28.1. The van der Waals surface area contributed by atoms with Gasteiger partial charge in [-0.05, 0) is 6.07 Å². The fourth-order valence-electron chi connectivity index (χ4n) is 2.25. The maximum absolute atomic E-state index is 11.3. The van der Waals surface area contributed by atoms with Gasteiger partial charge in [0.25, 0.3) is 6.23 Å². The third-order valence-electron chi connectivity index (χ3n) is 3.40. The molecule has 0 spiro atoms. The molecule has 138 valence electrons. The molecule has 0 bridgehead atoms. The van der Waals surface area contributed by atoms with Gasteiger partial charge in [-0.25, -0.2) is 4.79 Å². The summed E-state index contributed by atoms with van der Waals surface area (Å²) in [5.41, 5.74) is -0.493. The van der Waals surface area contributed by atoms with Crippen molar-refractivity contribution in [3.63, 3.8) is 0 Å². The molecule has 1 aliphatic heterocycles. The number of carbonyl (C=O) groups excluding carboxylic acids is 1. The number of carboxylic acid groups (broad SMARTS) is 1. The standard InChI is InChI=1S/C12H14NO10PS/c14-8-7(4-22-24(19,20)21)23-10(9(8)15)13-2-5(11(16)17)1-6(3-13)12(18)25/h1-3,7-10,14-15H,4H2,(H3-,16,17,18,19,20,21,25)/p-2/t7-,8-,9-,10-/m1/s1. The van der Waals surface area contributed by atoms with Crippen LogP contribution in [0.2, 0.25) is 0 Å². The van der Waals surface area contributed by atoms with E-state index in [9.17, 15) is 34.2 Å². The first-order chi connectivity index (χ1) is 11.5. The lowest BCUT2D eigenvalue weighted by Crippen LogP contribution is -2.47. The van der Waals surface area contributed by atoms with Gasteiger partial charge in [0.05, 0.1) is 20.0 Å². The zero-order chi connectivity index (χ0) is 18.9. The highest BCUT2D eigenvalue weighted by Gasteiger charge is 2.48. The van der Waals surface area contributed by atoms with E-state index in [0.29, 0.717) is 0 Å². The molecule has 0 unspecified atom stereocenters. The van der Waals surface area contributed by atoms with Crippen molar-refractivity contribution in [3.8, 4) is 0 Å². The minimum absolute atomic E-state index is 0.163. The first-order valence-corrected chi connectivity index (χ1v) is 8.55. The van der Waals surface area contributed by atoms with Crippen molar-refractivity contribution in [1.29, 1.82) is 0 Å². The van der Waals surface area contributed by atoms with Crippen LogP contribution in [0.1, 0.15) is 26.9 Å². The molecular formula is C12H12NO10PS-2. The molecule has 25 heavy (non-hydrogen) atoms. The Bertz CT molecular complexity index is 704. The zero-order valence-corrected chi connectivity index (χ0v) is 14.0. The maximum atomic E-state index is 11.3. The van der Waals surface area contributed by atoms with Gasteiger partial charge in [-0.1, -0.05) is 0 Å². The van der Waals surface area contributed by atoms with Gasteiger partial charge in [-0.2, -0.15) is 4.57 Å². The number of carboxylic acids is 1. The molecule has 2 heterocycles. The van der Waals surface area contributed by atoms with Gasteiger partial charge in [-0.15, -0.1) is 0 Å². The normalized spacial score (nSPS) is 26.6. The second-order valence-corrected chi connectivity index (χ2v) is 6.67. The van der Waals surface area contributed by atoms with Crippen LogP contribution in [0.3, 0.4) is 0 Å². The SMILES string of the molecule is O=C(O)c1cc(C(=O)[S-])c[n+]([C@@H]2O[C@H](COP(=O)([O-])[O-])[C@@H](O)[C@H]2O)c1. The number of aliphatic hydroxyl groups excluding tert-OH is 2. The summed E-state index contributed by atoms with van der Waals surface area (Å²) in [6.45, 7) is -0.842. The Labute approximate surface area is 146 Å². The van der Waals surface area contributed by atoms with Gasteiger partial charge in [0, 0.05) is 5.12 Å². The van der Waals surface area contributed by atoms with Crippen LogP contribution in [-0.4, -0.2) is 51.3 Å². The Hall–Kier alpha value is -1.50. The molecular weight excluding hydrogens is 381 g/mol. The van der Waals surface area contributed by atoms with E-state index in [0.717, 1.165) is 23.0 Å². The summed E-state index contributed by atoms with van der Waals surface area (Å²) in [6, 6.07) is 1.03. The molecule has 0 amide bonds. The van der Waals surface area contributed by atoms with E-state index >= 15 is 0 Å². The van der Waals surface area contributed by atoms with Crippen LogP contribution >= 0.6 is 7.82 Å². The molecule has 0 radical (unpaired) electrons. The molecule has 3 N–H and O–H groups in total. The number of carbonyl (C=O) groups is 2. The van der Waals surface area contributed by atoms with E-state index in [1.165, 1.54) is 0 Å². The Morgan fingerprint density at radius 1 is 1.28 bits per heavy atom. The number of aliphatic hydroxyl groups is 2. The second kappa shape index (κ2) is 7.40. The number of hydrogen-bond donors (Lipinski definition) is 3. The third kappa shape index (κ3) is 4.77. The molecule has 4 atom stereocenters. The van der Waals surface area contributed by atoms with Crippen molar-refractivity contribution in [3.05, 3.63) is 29.6 Å². The van der Waals surface area contributed by atoms with Crippen LogP contribution in [0.25, 0.3) is 0 Å². The van der Waals surface area contributed by atoms with Gasteiger partial charge < -0.3 is 56.4 Å². The molecule has 1 aromatic heterocycles. The van der Waals surface area contributed by atoms with Crippen molar-refractivity contribution in [1.82, 2.24) is 0 Å². The fourth-order valence-corrected chi connectivity index (χ4v) is 2.70. The average Bonchev–Trinajstić information content (AvgIpc) is 2.79. The molecule has 1 fully saturated rings. The smallest absolute Gasteiger partial charge is 0.341 e. The second-order valence-electron chi connectivity index (χ2n) is 5.14. The van der Waals surface area contributed by atoms with Gasteiger partial charge in [-0.3, -0.25) is 0 Å². The molecule has 0 aromatic carbocycles. The van der Waals surface area contributed by atoms with E-state index < -0.39 is 50.1 Å². The zero-order valence-electron chi connectivity index (χ0n) is 12.3. The van der Waals surface area contributed by atoms with Crippen LogP contribution in [0.5, 0.6) is 0 Å². The fraction of sp³-hybridized carbons (Fsp3) is 0.417. The van der Waals surface area contributed by atoms with Crippen LogP contribution in [0, 0.1) is 0 Å². The number of hydrogen-bond acceptors (Lipinski definition) is 10. The first-order valence-electron chi connectivity index (χ1n) is 6.68. The van der Waals surface area contributed by atoms with Crippen molar-refractivity contribution in [2.75, 3.05) is 6.61 Å². The van der Waals surface area contributed by atoms with E-state index in [-0.39, 0.29) is 11.1 Å². The number of phosphoric acid groups is 1. The highest BCUT2D eigenvalue weighted by Crippen LogP contribution is 2.30. The third-order valence-corrected chi connectivity index (χ3v) is 4.10. The summed E-state index contributed by atoms with van der Waals surface area (Å²) in [5.74, 6) is -1.38. The maximum Gasteiger partial charge on any atom is 0.341 e.